The molecule has 0 spiro atoms. The topological polar surface area (TPSA) is 49.4 Å². The fourth-order valence-corrected chi connectivity index (χ4v) is 4.16. The van der Waals surface area contributed by atoms with Crippen LogP contribution >= 0.6 is 22.7 Å². The monoisotopic (exact) mass is 398 g/mol. The Morgan fingerprint density at radius 3 is 2.04 bits per heavy atom. The molecule has 2 heterocycles. The van der Waals surface area contributed by atoms with Gasteiger partial charge in [0.15, 0.2) is 0 Å². The number of benzene rings is 1. The van der Waals surface area contributed by atoms with Crippen LogP contribution in [0.15, 0.2) is 65.4 Å². The molecule has 0 bridgehead atoms. The lowest BCUT2D eigenvalue weighted by Crippen LogP contribution is -2.34. The second-order valence-electron chi connectivity index (χ2n) is 6.17. The summed E-state index contributed by atoms with van der Waals surface area (Å²) in [5.41, 5.74) is 0.971. The third-order valence-corrected chi connectivity index (χ3v) is 5.80. The molecule has 4 nitrogen and oxygen atoms in total. The maximum absolute atomic E-state index is 12.7. The van der Waals surface area contributed by atoms with Gasteiger partial charge in [0.25, 0.3) is 0 Å². The van der Waals surface area contributed by atoms with Crippen molar-refractivity contribution in [3.8, 4) is 0 Å². The van der Waals surface area contributed by atoms with Crippen molar-refractivity contribution >= 4 is 34.5 Å². The number of nitrogens with one attached hydrogen (secondary N) is 1. The van der Waals surface area contributed by atoms with Gasteiger partial charge in [-0.25, -0.2) is 0 Å². The molecule has 0 atom stereocenters. The van der Waals surface area contributed by atoms with Crippen LogP contribution in [0, 0.1) is 0 Å². The molecule has 0 aliphatic rings. The van der Waals surface area contributed by atoms with E-state index in [2.05, 4.69) is 5.32 Å². The zero-order chi connectivity index (χ0) is 18.9. The number of hydrogen-bond donors (Lipinski definition) is 1. The van der Waals surface area contributed by atoms with Crippen molar-refractivity contribution in [3.05, 3.63) is 80.7 Å². The van der Waals surface area contributed by atoms with Gasteiger partial charge < -0.3 is 10.2 Å². The third kappa shape index (κ3) is 6.34. The van der Waals surface area contributed by atoms with E-state index in [0.29, 0.717) is 32.5 Å². The number of carbonyl (C=O) groups is 2. The lowest BCUT2D eigenvalue weighted by molar-refractivity contribution is -0.132. The van der Waals surface area contributed by atoms with Gasteiger partial charge in [0.1, 0.15) is 0 Å². The first-order chi connectivity index (χ1) is 13.2. The molecule has 1 aromatic carbocycles. The van der Waals surface area contributed by atoms with E-state index in [1.54, 1.807) is 22.7 Å². The Hall–Kier alpha value is -2.44. The molecule has 0 unspecified atom stereocenters. The fourth-order valence-electron chi connectivity index (χ4n) is 2.72. The van der Waals surface area contributed by atoms with Crippen molar-refractivity contribution in [2.75, 3.05) is 6.54 Å². The molecule has 3 rings (SSSR count). The standard InChI is InChI=1S/C21H22N2O2S2/c24-20(14-17-6-2-1-3-7-17)22-11-10-21(25)23(15-18-8-4-12-26-18)16-19-9-5-13-27-19/h1-9,12-13H,10-11,14-16H2,(H,22,24). The summed E-state index contributed by atoms with van der Waals surface area (Å²) in [6, 6.07) is 17.7. The van der Waals surface area contributed by atoms with E-state index in [9.17, 15) is 9.59 Å². The summed E-state index contributed by atoms with van der Waals surface area (Å²) in [5, 5.41) is 6.89. The zero-order valence-electron chi connectivity index (χ0n) is 15.0. The molecule has 0 aliphatic carbocycles. The smallest absolute Gasteiger partial charge is 0.224 e. The summed E-state index contributed by atoms with van der Waals surface area (Å²) in [4.78, 5) is 28.9. The summed E-state index contributed by atoms with van der Waals surface area (Å²) in [5.74, 6) is -0.00567. The molecule has 0 saturated carbocycles. The summed E-state index contributed by atoms with van der Waals surface area (Å²) >= 11 is 3.30. The molecule has 2 amide bonds. The molecule has 0 radical (unpaired) electrons. The maximum Gasteiger partial charge on any atom is 0.224 e. The van der Waals surface area contributed by atoms with E-state index in [-0.39, 0.29) is 11.8 Å². The predicted octanol–water partition coefficient (Wildman–Crippen LogP) is 4.09. The Morgan fingerprint density at radius 1 is 0.852 bits per heavy atom. The van der Waals surface area contributed by atoms with Gasteiger partial charge in [0.2, 0.25) is 11.8 Å². The van der Waals surface area contributed by atoms with Gasteiger partial charge in [-0.15, -0.1) is 22.7 Å². The molecule has 0 fully saturated rings. The van der Waals surface area contributed by atoms with E-state index < -0.39 is 0 Å². The highest BCUT2D eigenvalue weighted by Crippen LogP contribution is 2.17. The van der Waals surface area contributed by atoms with E-state index in [4.69, 9.17) is 0 Å². The van der Waals surface area contributed by atoms with Crippen molar-refractivity contribution in [1.29, 1.82) is 0 Å². The first kappa shape index (κ1) is 19.3. The maximum atomic E-state index is 12.7. The molecule has 3 aromatic rings. The van der Waals surface area contributed by atoms with Crippen molar-refractivity contribution < 1.29 is 9.59 Å². The molecular formula is C21H22N2O2S2. The lowest BCUT2D eigenvalue weighted by Gasteiger charge is -2.21. The van der Waals surface area contributed by atoms with Gasteiger partial charge in [0, 0.05) is 22.7 Å². The van der Waals surface area contributed by atoms with Crippen LogP contribution in [0.3, 0.4) is 0 Å². The van der Waals surface area contributed by atoms with Crippen molar-refractivity contribution in [2.45, 2.75) is 25.9 Å². The highest BCUT2D eigenvalue weighted by Gasteiger charge is 2.16. The molecule has 6 heteroatoms. The minimum atomic E-state index is -0.0583. The number of hydrogen-bond acceptors (Lipinski definition) is 4. The number of nitrogens with zero attached hydrogens (tertiary/aromatic N) is 1. The zero-order valence-corrected chi connectivity index (χ0v) is 16.6. The lowest BCUT2D eigenvalue weighted by atomic mass is 10.1. The average Bonchev–Trinajstić information content (AvgIpc) is 3.36. The average molecular weight is 399 g/mol. The minimum Gasteiger partial charge on any atom is -0.355 e. The van der Waals surface area contributed by atoms with Crippen LogP contribution < -0.4 is 5.32 Å². The Kier molecular flexibility index (Phi) is 7.19. The third-order valence-electron chi connectivity index (χ3n) is 4.07. The number of thiophene rings is 2. The largest absolute Gasteiger partial charge is 0.355 e. The highest BCUT2D eigenvalue weighted by molar-refractivity contribution is 7.10. The summed E-state index contributed by atoms with van der Waals surface area (Å²) in [6.07, 6.45) is 0.639. The molecule has 140 valence electrons. The van der Waals surface area contributed by atoms with Crippen LogP contribution in [0.25, 0.3) is 0 Å². The predicted molar refractivity (Wildman–Crippen MR) is 111 cm³/mol. The SMILES string of the molecule is O=C(Cc1ccccc1)NCCC(=O)N(Cc1cccs1)Cc1cccs1. The van der Waals surface area contributed by atoms with Crippen molar-refractivity contribution in [2.24, 2.45) is 0 Å². The second-order valence-corrected chi connectivity index (χ2v) is 8.24. The summed E-state index contributed by atoms with van der Waals surface area (Å²) in [7, 11) is 0. The van der Waals surface area contributed by atoms with E-state index in [1.165, 1.54) is 0 Å². The fraction of sp³-hybridized carbons (Fsp3) is 0.238. The molecule has 0 saturated heterocycles. The highest BCUT2D eigenvalue weighted by atomic mass is 32.1. The molecule has 1 N–H and O–H groups in total. The van der Waals surface area contributed by atoms with E-state index in [1.807, 2.05) is 70.3 Å². The van der Waals surface area contributed by atoms with Crippen LogP contribution in [0.4, 0.5) is 0 Å². The van der Waals surface area contributed by atoms with Gasteiger partial charge in [-0.05, 0) is 28.5 Å². The van der Waals surface area contributed by atoms with Crippen molar-refractivity contribution in [1.82, 2.24) is 10.2 Å². The van der Waals surface area contributed by atoms with Gasteiger partial charge in [-0.2, -0.15) is 0 Å². The van der Waals surface area contributed by atoms with Crippen LogP contribution in [-0.2, 0) is 29.1 Å². The molecular weight excluding hydrogens is 376 g/mol. The van der Waals surface area contributed by atoms with E-state index >= 15 is 0 Å². The Balaban J connectivity index is 1.50. The van der Waals surface area contributed by atoms with Crippen LogP contribution in [0.2, 0.25) is 0 Å². The second kappa shape index (κ2) is 10.0. The van der Waals surface area contributed by atoms with Crippen LogP contribution in [0.5, 0.6) is 0 Å². The molecule has 0 aliphatic heterocycles. The van der Waals surface area contributed by atoms with Crippen molar-refractivity contribution in [3.63, 3.8) is 0 Å². The number of rotatable bonds is 9. The molecule has 2 aromatic heterocycles. The Labute approximate surface area is 167 Å². The van der Waals surface area contributed by atoms with Gasteiger partial charge >= 0.3 is 0 Å². The minimum absolute atomic E-state index is 0.0526. The van der Waals surface area contributed by atoms with Crippen LogP contribution in [0.1, 0.15) is 21.7 Å². The molecule has 27 heavy (non-hydrogen) atoms. The van der Waals surface area contributed by atoms with E-state index in [0.717, 1.165) is 15.3 Å². The van der Waals surface area contributed by atoms with Gasteiger partial charge in [-0.1, -0.05) is 42.5 Å². The first-order valence-electron chi connectivity index (χ1n) is 8.84. The summed E-state index contributed by atoms with van der Waals surface area (Å²) in [6.45, 7) is 1.56. The Morgan fingerprint density at radius 2 is 1.48 bits per heavy atom. The van der Waals surface area contributed by atoms with Gasteiger partial charge in [-0.3, -0.25) is 9.59 Å². The first-order valence-corrected chi connectivity index (χ1v) is 10.6. The number of carbonyl (C=O) groups excluding carboxylic acids is 2. The Bertz CT molecular complexity index is 794. The van der Waals surface area contributed by atoms with Gasteiger partial charge in [0.05, 0.1) is 19.5 Å². The van der Waals surface area contributed by atoms with Crippen LogP contribution in [-0.4, -0.2) is 23.3 Å². The quantitative estimate of drug-likeness (QED) is 0.590. The normalized spacial score (nSPS) is 10.5. The number of amides is 2. The summed E-state index contributed by atoms with van der Waals surface area (Å²) < 4.78 is 0.